The molecule has 1 amide bonds. The van der Waals surface area contributed by atoms with Crippen LogP contribution in [0.25, 0.3) is 0 Å². The lowest BCUT2D eigenvalue weighted by molar-refractivity contribution is -0.149. The number of aliphatic hydroxyl groups excluding tert-OH is 1. The molecule has 6 atom stereocenters. The number of ether oxygens (including phenoxy) is 1. The van der Waals surface area contributed by atoms with Crippen molar-refractivity contribution in [1.29, 1.82) is 0 Å². The molecule has 2 saturated carbocycles. The van der Waals surface area contributed by atoms with Gasteiger partial charge in [0.15, 0.2) is 0 Å². The van der Waals surface area contributed by atoms with E-state index in [4.69, 9.17) is 4.74 Å². The summed E-state index contributed by atoms with van der Waals surface area (Å²) in [6, 6.07) is 0.0228. The molecule has 1 spiro atoms. The van der Waals surface area contributed by atoms with Gasteiger partial charge in [-0.15, -0.1) is 0 Å². The second-order valence-corrected chi connectivity index (χ2v) is 9.03. The largest absolute Gasteiger partial charge is 0.394 e. The first kappa shape index (κ1) is 17.7. The molecule has 2 heterocycles. The van der Waals surface area contributed by atoms with Gasteiger partial charge in [-0.2, -0.15) is 0 Å². The van der Waals surface area contributed by atoms with E-state index in [1.165, 1.54) is 38.5 Å². The summed E-state index contributed by atoms with van der Waals surface area (Å²) in [5, 5.41) is 13.7. The van der Waals surface area contributed by atoms with Crippen molar-refractivity contribution >= 4 is 5.91 Å². The number of aliphatic hydroxyl groups is 1. The minimum Gasteiger partial charge on any atom is -0.394 e. The molecule has 4 rings (SSSR count). The van der Waals surface area contributed by atoms with E-state index in [0.717, 1.165) is 25.6 Å². The van der Waals surface area contributed by atoms with Gasteiger partial charge in [0.2, 0.25) is 5.91 Å². The number of rotatable bonds is 2. The quantitative estimate of drug-likeness (QED) is 0.795. The summed E-state index contributed by atoms with van der Waals surface area (Å²) in [5.74, 6) is 2.75. The number of carbonyl (C=O) groups is 1. The van der Waals surface area contributed by atoms with E-state index in [0.29, 0.717) is 23.9 Å². The van der Waals surface area contributed by atoms with E-state index in [1.54, 1.807) is 6.92 Å². The van der Waals surface area contributed by atoms with Gasteiger partial charge in [-0.25, -0.2) is 0 Å². The maximum atomic E-state index is 12.4. The van der Waals surface area contributed by atoms with Crippen LogP contribution in [-0.4, -0.2) is 61.4 Å². The van der Waals surface area contributed by atoms with Crippen molar-refractivity contribution in [1.82, 2.24) is 10.2 Å². The van der Waals surface area contributed by atoms with E-state index in [9.17, 15) is 9.90 Å². The molecule has 2 aliphatic carbocycles. The maximum absolute atomic E-state index is 12.4. The van der Waals surface area contributed by atoms with E-state index in [1.807, 2.05) is 12.0 Å². The van der Waals surface area contributed by atoms with Crippen molar-refractivity contribution in [3.8, 4) is 0 Å². The van der Waals surface area contributed by atoms with E-state index in [2.05, 4.69) is 5.32 Å². The zero-order chi connectivity index (χ0) is 17.6. The van der Waals surface area contributed by atoms with Crippen LogP contribution in [0.4, 0.5) is 0 Å². The number of methoxy groups -OCH3 is 1. The number of carbonyl (C=O) groups excluding carboxylic acids is 1. The zero-order valence-electron chi connectivity index (χ0n) is 15.7. The molecule has 5 heteroatoms. The number of piperidine rings is 2. The summed E-state index contributed by atoms with van der Waals surface area (Å²) >= 11 is 0. The van der Waals surface area contributed by atoms with Crippen LogP contribution in [0.2, 0.25) is 0 Å². The third kappa shape index (κ3) is 2.83. The Morgan fingerprint density at radius 3 is 2.64 bits per heavy atom. The molecular weight excluding hydrogens is 316 g/mol. The summed E-state index contributed by atoms with van der Waals surface area (Å²) in [4.78, 5) is 14.4. The standard InChI is InChI=1S/C20H34N2O3/c1-13(24)22-12-20(5-7-21-8-6-20)19-16-4-3-15(25-2)9-14(16)10-17(19)18(22)11-23/h14-19,21,23H,3-12H2,1-2H3/t14?,15?,16?,17?,18-,19?/m0/s1. The highest BCUT2D eigenvalue weighted by Crippen LogP contribution is 2.61. The minimum absolute atomic E-state index is 0.0228. The summed E-state index contributed by atoms with van der Waals surface area (Å²) < 4.78 is 5.68. The van der Waals surface area contributed by atoms with Gasteiger partial charge in [0.1, 0.15) is 0 Å². The molecule has 0 aromatic heterocycles. The fraction of sp³-hybridized carbons (Fsp3) is 0.950. The van der Waals surface area contributed by atoms with Gasteiger partial charge in [-0.05, 0) is 80.7 Å². The van der Waals surface area contributed by atoms with Crippen LogP contribution in [0.3, 0.4) is 0 Å². The SMILES string of the molecule is COC1CCC2C(C1)CC1C2C2(CCNCC2)CN(C(C)=O)[C@H]1CO. The van der Waals surface area contributed by atoms with Crippen molar-refractivity contribution in [2.75, 3.05) is 33.4 Å². The summed E-state index contributed by atoms with van der Waals surface area (Å²) in [6.45, 7) is 4.78. The molecule has 0 aromatic rings. The van der Waals surface area contributed by atoms with Crippen molar-refractivity contribution in [3.05, 3.63) is 0 Å². The van der Waals surface area contributed by atoms with Crippen molar-refractivity contribution in [2.45, 2.75) is 57.6 Å². The Labute approximate surface area is 151 Å². The van der Waals surface area contributed by atoms with E-state index < -0.39 is 0 Å². The second-order valence-electron chi connectivity index (χ2n) is 9.03. The maximum Gasteiger partial charge on any atom is 0.219 e. The molecular formula is C20H34N2O3. The Bertz CT molecular complexity index is 505. The first-order valence-corrected chi connectivity index (χ1v) is 10.2. The Balaban J connectivity index is 1.68. The Morgan fingerprint density at radius 2 is 2.00 bits per heavy atom. The average Bonchev–Trinajstić information content (AvgIpc) is 3.01. The molecule has 5 unspecified atom stereocenters. The fourth-order valence-corrected chi connectivity index (χ4v) is 7.11. The zero-order valence-corrected chi connectivity index (χ0v) is 15.7. The first-order chi connectivity index (χ1) is 12.1. The van der Waals surface area contributed by atoms with E-state index in [-0.39, 0.29) is 24.0 Å². The van der Waals surface area contributed by atoms with E-state index >= 15 is 0 Å². The molecule has 5 nitrogen and oxygen atoms in total. The van der Waals surface area contributed by atoms with Gasteiger partial charge in [-0.3, -0.25) is 4.79 Å². The van der Waals surface area contributed by atoms with Gasteiger partial charge in [-0.1, -0.05) is 0 Å². The number of hydrogen-bond acceptors (Lipinski definition) is 4. The van der Waals surface area contributed by atoms with Crippen molar-refractivity contribution in [3.63, 3.8) is 0 Å². The minimum atomic E-state index is 0.0228. The predicted molar refractivity (Wildman–Crippen MR) is 96.0 cm³/mol. The Morgan fingerprint density at radius 1 is 1.24 bits per heavy atom. The molecule has 2 N–H and O–H groups in total. The molecule has 0 bridgehead atoms. The van der Waals surface area contributed by atoms with Crippen LogP contribution in [0.5, 0.6) is 0 Å². The summed E-state index contributed by atoms with van der Waals surface area (Å²) in [6.07, 6.45) is 7.52. The molecule has 4 fully saturated rings. The smallest absolute Gasteiger partial charge is 0.219 e. The fourth-order valence-electron chi connectivity index (χ4n) is 7.11. The summed E-state index contributed by atoms with van der Waals surface area (Å²) in [5.41, 5.74) is 0.257. The highest BCUT2D eigenvalue weighted by atomic mass is 16.5. The molecule has 142 valence electrons. The molecule has 2 aliphatic heterocycles. The number of amides is 1. The van der Waals surface area contributed by atoms with Crippen LogP contribution in [0, 0.1) is 29.1 Å². The highest BCUT2D eigenvalue weighted by Gasteiger charge is 2.60. The van der Waals surface area contributed by atoms with Crippen LogP contribution in [-0.2, 0) is 9.53 Å². The number of hydrogen-bond donors (Lipinski definition) is 2. The lowest BCUT2D eigenvalue weighted by atomic mass is 9.57. The lowest BCUT2D eigenvalue weighted by Crippen LogP contribution is -2.62. The first-order valence-electron chi connectivity index (χ1n) is 10.2. The van der Waals surface area contributed by atoms with Gasteiger partial charge < -0.3 is 20.1 Å². The number of likely N-dealkylation sites (tertiary alicyclic amines) is 1. The van der Waals surface area contributed by atoms with Crippen molar-refractivity contribution in [2.24, 2.45) is 29.1 Å². The third-order valence-corrected chi connectivity index (χ3v) is 8.10. The van der Waals surface area contributed by atoms with Gasteiger partial charge >= 0.3 is 0 Å². The topological polar surface area (TPSA) is 61.8 Å². The molecule has 2 saturated heterocycles. The number of nitrogens with zero attached hydrogens (tertiary/aromatic N) is 1. The number of nitrogens with one attached hydrogen (secondary N) is 1. The average molecular weight is 351 g/mol. The molecule has 25 heavy (non-hydrogen) atoms. The highest BCUT2D eigenvalue weighted by molar-refractivity contribution is 5.74. The number of fused-ring (bicyclic) bond motifs is 4. The predicted octanol–water partition coefficient (Wildman–Crippen LogP) is 1.65. The van der Waals surface area contributed by atoms with Crippen molar-refractivity contribution < 1.29 is 14.6 Å². The van der Waals surface area contributed by atoms with Crippen LogP contribution in [0.1, 0.15) is 45.4 Å². The molecule has 0 radical (unpaired) electrons. The second kappa shape index (κ2) is 6.82. The Kier molecular flexibility index (Phi) is 4.84. The van der Waals surface area contributed by atoms with Gasteiger partial charge in [0.25, 0.3) is 0 Å². The molecule has 4 aliphatic rings. The van der Waals surface area contributed by atoms with Gasteiger partial charge in [0.05, 0.1) is 18.8 Å². The molecule has 0 aromatic carbocycles. The van der Waals surface area contributed by atoms with Crippen LogP contribution in [0.15, 0.2) is 0 Å². The normalized spacial score (nSPS) is 42.9. The summed E-state index contributed by atoms with van der Waals surface area (Å²) in [7, 11) is 1.84. The monoisotopic (exact) mass is 350 g/mol. The van der Waals surface area contributed by atoms with Gasteiger partial charge in [0, 0.05) is 20.6 Å². The third-order valence-electron chi connectivity index (χ3n) is 8.10. The lowest BCUT2D eigenvalue weighted by Gasteiger charge is -2.57. The van der Waals surface area contributed by atoms with Crippen LogP contribution < -0.4 is 5.32 Å². The van der Waals surface area contributed by atoms with Crippen LogP contribution >= 0.6 is 0 Å². The Hall–Kier alpha value is -0.650.